The molecule has 0 radical (unpaired) electrons. The van der Waals surface area contributed by atoms with E-state index in [-0.39, 0.29) is 17.6 Å². The van der Waals surface area contributed by atoms with Gasteiger partial charge in [-0.05, 0) is 30.7 Å². The van der Waals surface area contributed by atoms with Crippen LogP contribution in [0.5, 0.6) is 0 Å². The van der Waals surface area contributed by atoms with Gasteiger partial charge in [-0.25, -0.2) is 4.39 Å². The number of hydrogen-bond acceptors (Lipinski definition) is 4. The normalized spacial score (nSPS) is 12.2. The number of rotatable bonds is 6. The summed E-state index contributed by atoms with van der Waals surface area (Å²) in [6, 6.07) is 5.94. The second-order valence-corrected chi connectivity index (χ2v) is 5.35. The number of aromatic nitrogens is 2. The molecule has 1 amide bonds. The topological polar surface area (TPSA) is 59.2 Å². The van der Waals surface area contributed by atoms with Gasteiger partial charge >= 0.3 is 0 Å². The highest BCUT2D eigenvalue weighted by atomic mass is 19.1. The molecule has 1 aromatic heterocycles. The van der Waals surface area contributed by atoms with Gasteiger partial charge in [-0.3, -0.25) is 4.79 Å². The van der Waals surface area contributed by atoms with Crippen molar-refractivity contribution in [1.82, 2.24) is 15.0 Å². The third kappa shape index (κ3) is 3.90. The molecule has 6 heteroatoms. The molecular formula is C16H20FN3O2. The van der Waals surface area contributed by atoms with Crippen molar-refractivity contribution in [2.24, 2.45) is 0 Å². The maximum atomic E-state index is 13.0. The van der Waals surface area contributed by atoms with Crippen LogP contribution in [0, 0.1) is 5.82 Å². The second-order valence-electron chi connectivity index (χ2n) is 5.35. The molecule has 1 aromatic carbocycles. The zero-order valence-corrected chi connectivity index (χ0v) is 13.0. The zero-order chi connectivity index (χ0) is 16.1. The summed E-state index contributed by atoms with van der Waals surface area (Å²) in [7, 11) is 1.75. The number of likely N-dealkylation sites (N-methyl/N-ethyl adjacent to an activating group) is 1. The van der Waals surface area contributed by atoms with Gasteiger partial charge in [0.15, 0.2) is 0 Å². The van der Waals surface area contributed by atoms with Crippen molar-refractivity contribution < 1.29 is 13.7 Å². The lowest BCUT2D eigenvalue weighted by Crippen LogP contribution is -2.29. The number of carbonyl (C=O) groups is 1. The van der Waals surface area contributed by atoms with E-state index in [1.165, 1.54) is 19.1 Å². The average Bonchev–Trinajstić information content (AvgIpc) is 2.97. The lowest BCUT2D eigenvalue weighted by atomic mass is 10.0. The first-order valence-electron chi connectivity index (χ1n) is 7.32. The Morgan fingerprint density at radius 2 is 2.05 bits per heavy atom. The molecule has 2 rings (SSSR count). The van der Waals surface area contributed by atoms with Gasteiger partial charge in [-0.1, -0.05) is 18.5 Å². The smallest absolute Gasteiger partial charge is 0.231 e. The van der Waals surface area contributed by atoms with E-state index >= 15 is 0 Å². The Morgan fingerprint density at radius 3 is 2.64 bits per heavy atom. The minimum absolute atomic E-state index is 0.000554. The van der Waals surface area contributed by atoms with E-state index in [1.807, 2.05) is 0 Å². The van der Waals surface area contributed by atoms with Gasteiger partial charge < -0.3 is 9.42 Å². The van der Waals surface area contributed by atoms with Crippen molar-refractivity contribution in [2.45, 2.75) is 32.6 Å². The fourth-order valence-electron chi connectivity index (χ4n) is 2.22. The Labute approximate surface area is 129 Å². The minimum atomic E-state index is -0.306. The lowest BCUT2D eigenvalue weighted by molar-refractivity contribution is -0.127. The largest absolute Gasteiger partial charge is 0.345 e. The monoisotopic (exact) mass is 305 g/mol. The first kappa shape index (κ1) is 16.1. The Kier molecular flexibility index (Phi) is 5.25. The maximum absolute atomic E-state index is 13.0. The Balaban J connectivity index is 2.19. The van der Waals surface area contributed by atoms with Gasteiger partial charge in [-0.2, -0.15) is 4.98 Å². The van der Waals surface area contributed by atoms with E-state index in [0.29, 0.717) is 23.8 Å². The van der Waals surface area contributed by atoms with Crippen molar-refractivity contribution in [3.8, 4) is 11.4 Å². The summed E-state index contributed by atoms with van der Waals surface area (Å²) in [6.45, 7) is 4.13. The second kappa shape index (κ2) is 7.15. The first-order chi connectivity index (χ1) is 10.5. The highest BCUT2D eigenvalue weighted by Gasteiger charge is 2.21. The van der Waals surface area contributed by atoms with Gasteiger partial charge in [0, 0.05) is 26.1 Å². The van der Waals surface area contributed by atoms with E-state index in [9.17, 15) is 9.18 Å². The molecule has 0 spiro atoms. The molecule has 1 heterocycles. The van der Waals surface area contributed by atoms with Gasteiger partial charge in [-0.15, -0.1) is 0 Å². The van der Waals surface area contributed by atoms with Gasteiger partial charge in [0.25, 0.3) is 0 Å². The summed E-state index contributed by atoms with van der Waals surface area (Å²) in [5.41, 5.74) is 0.701. The minimum Gasteiger partial charge on any atom is -0.345 e. The van der Waals surface area contributed by atoms with Crippen molar-refractivity contribution in [3.05, 3.63) is 36.0 Å². The van der Waals surface area contributed by atoms with E-state index < -0.39 is 0 Å². The summed E-state index contributed by atoms with van der Waals surface area (Å²) in [5.74, 6) is 0.634. The molecular weight excluding hydrogens is 285 g/mol. The maximum Gasteiger partial charge on any atom is 0.231 e. The number of carbonyl (C=O) groups excluding carboxylic acids is 1. The molecule has 1 atom stereocenters. The van der Waals surface area contributed by atoms with Crippen molar-refractivity contribution in [1.29, 1.82) is 0 Å². The van der Waals surface area contributed by atoms with Crippen molar-refractivity contribution in [2.75, 3.05) is 13.6 Å². The highest BCUT2D eigenvalue weighted by molar-refractivity contribution is 5.72. The molecule has 5 nitrogen and oxygen atoms in total. The van der Waals surface area contributed by atoms with Crippen LogP contribution in [0.2, 0.25) is 0 Å². The summed E-state index contributed by atoms with van der Waals surface area (Å²) >= 11 is 0. The van der Waals surface area contributed by atoms with Crippen LogP contribution >= 0.6 is 0 Å². The van der Waals surface area contributed by atoms with Crippen LogP contribution in [-0.4, -0.2) is 34.5 Å². The van der Waals surface area contributed by atoms with E-state index in [2.05, 4.69) is 17.1 Å². The number of nitrogens with zero attached hydrogens (tertiary/aromatic N) is 3. The molecule has 1 unspecified atom stereocenters. The van der Waals surface area contributed by atoms with E-state index in [0.717, 1.165) is 12.8 Å². The fourth-order valence-corrected chi connectivity index (χ4v) is 2.22. The summed E-state index contributed by atoms with van der Waals surface area (Å²) in [6.07, 6.45) is 1.80. The SMILES string of the molecule is CCCC(CN(C)C(C)=O)c1nc(-c2ccc(F)cc2)no1. The lowest BCUT2D eigenvalue weighted by Gasteiger charge is -2.20. The molecule has 0 saturated carbocycles. The highest BCUT2D eigenvalue weighted by Crippen LogP contribution is 2.24. The standard InChI is InChI=1S/C16H20FN3O2/c1-4-5-13(10-20(3)11(2)21)16-18-15(19-22-16)12-6-8-14(17)9-7-12/h6-9,13H,4-5,10H2,1-3H3. The molecule has 0 bridgehead atoms. The van der Waals surface area contributed by atoms with Crippen molar-refractivity contribution >= 4 is 5.91 Å². The van der Waals surface area contributed by atoms with Crippen LogP contribution in [-0.2, 0) is 4.79 Å². The predicted octanol–water partition coefficient (Wildman–Crippen LogP) is 3.24. The van der Waals surface area contributed by atoms with Crippen LogP contribution in [0.4, 0.5) is 4.39 Å². The third-order valence-corrected chi connectivity index (χ3v) is 3.56. The fraction of sp³-hybridized carbons (Fsp3) is 0.438. The predicted molar refractivity (Wildman–Crippen MR) is 80.7 cm³/mol. The zero-order valence-electron chi connectivity index (χ0n) is 13.0. The first-order valence-corrected chi connectivity index (χ1v) is 7.32. The molecule has 0 N–H and O–H groups in total. The number of benzene rings is 1. The van der Waals surface area contributed by atoms with E-state index in [4.69, 9.17) is 4.52 Å². The Hall–Kier alpha value is -2.24. The van der Waals surface area contributed by atoms with Crippen LogP contribution in [0.1, 0.15) is 38.5 Å². The molecule has 0 aliphatic heterocycles. The number of halogens is 1. The summed E-state index contributed by atoms with van der Waals surface area (Å²) in [5, 5.41) is 3.96. The Bertz CT molecular complexity index is 625. The molecule has 22 heavy (non-hydrogen) atoms. The molecule has 0 fully saturated rings. The Morgan fingerprint density at radius 1 is 1.36 bits per heavy atom. The summed E-state index contributed by atoms with van der Waals surface area (Å²) in [4.78, 5) is 17.4. The quantitative estimate of drug-likeness (QED) is 0.822. The van der Waals surface area contributed by atoms with Gasteiger partial charge in [0.05, 0.1) is 5.92 Å². The number of amides is 1. The molecule has 2 aromatic rings. The van der Waals surface area contributed by atoms with Gasteiger partial charge in [0.1, 0.15) is 5.82 Å². The van der Waals surface area contributed by atoms with Crippen LogP contribution in [0.3, 0.4) is 0 Å². The average molecular weight is 305 g/mol. The summed E-state index contributed by atoms with van der Waals surface area (Å²) < 4.78 is 18.3. The van der Waals surface area contributed by atoms with Gasteiger partial charge in [0.2, 0.25) is 17.6 Å². The van der Waals surface area contributed by atoms with E-state index in [1.54, 1.807) is 24.1 Å². The van der Waals surface area contributed by atoms with Crippen LogP contribution < -0.4 is 0 Å². The van der Waals surface area contributed by atoms with Crippen LogP contribution in [0.15, 0.2) is 28.8 Å². The van der Waals surface area contributed by atoms with Crippen LogP contribution in [0.25, 0.3) is 11.4 Å². The number of hydrogen-bond donors (Lipinski definition) is 0. The molecule has 0 saturated heterocycles. The molecule has 0 aliphatic carbocycles. The molecule has 118 valence electrons. The third-order valence-electron chi connectivity index (χ3n) is 3.56. The van der Waals surface area contributed by atoms with Crippen molar-refractivity contribution in [3.63, 3.8) is 0 Å². The molecule has 0 aliphatic rings.